The van der Waals surface area contributed by atoms with Crippen molar-refractivity contribution in [2.24, 2.45) is 0 Å². The zero-order valence-corrected chi connectivity index (χ0v) is 14.2. The molecule has 0 aromatic carbocycles. The average molecular weight is 261 g/mol. The summed E-state index contributed by atoms with van der Waals surface area (Å²) < 4.78 is 6.50. The van der Waals surface area contributed by atoms with E-state index in [-0.39, 0.29) is 9.79 Å². The average Bonchev–Trinajstić information content (AvgIpc) is 1.97. The van der Waals surface area contributed by atoms with Crippen molar-refractivity contribution < 1.29 is 4.43 Å². The van der Waals surface area contributed by atoms with Crippen molar-refractivity contribution in [3.63, 3.8) is 0 Å². The summed E-state index contributed by atoms with van der Waals surface area (Å²) >= 11 is 1.82. The van der Waals surface area contributed by atoms with Crippen molar-refractivity contribution in [2.75, 3.05) is 0 Å². The van der Waals surface area contributed by atoms with Crippen LogP contribution in [-0.2, 0) is 4.43 Å². The third-order valence-corrected chi connectivity index (χ3v) is 8.43. The Hall–Kier alpha value is 0.107. The minimum absolute atomic E-state index is 0.213. The molecule has 1 nitrogen and oxygen atoms in total. The van der Waals surface area contributed by atoms with Crippen LogP contribution in [0.2, 0.25) is 18.1 Å². The molecule has 0 saturated carbocycles. The van der Waals surface area contributed by atoms with Gasteiger partial charge in [0.05, 0.1) is 0 Å². The number of hydrogen-bond donors (Lipinski definition) is 0. The summed E-state index contributed by atoms with van der Waals surface area (Å²) in [7, 11) is -1.68. The Kier molecular flexibility index (Phi) is 5.21. The van der Waals surface area contributed by atoms with E-state index in [1.54, 1.807) is 0 Å². The third-order valence-electron chi connectivity index (χ3n) is 2.80. The minimum atomic E-state index is -1.68. The van der Waals surface area contributed by atoms with E-state index >= 15 is 0 Å². The molecule has 96 valence electrons. The molecule has 0 radical (unpaired) electrons. The first-order chi connectivity index (χ1) is 6.89. The first kappa shape index (κ1) is 16.1. The molecule has 0 rings (SSSR count). The highest BCUT2D eigenvalue weighted by Crippen LogP contribution is 2.41. The van der Waals surface area contributed by atoms with E-state index in [1.807, 2.05) is 11.8 Å². The number of rotatable bonds is 3. The van der Waals surface area contributed by atoms with Gasteiger partial charge in [0.25, 0.3) is 8.32 Å². The molecular formula is C13H28OSSi. The summed E-state index contributed by atoms with van der Waals surface area (Å²) in [6.07, 6.45) is 2.09. The van der Waals surface area contributed by atoms with Gasteiger partial charge in [0.1, 0.15) is 5.09 Å². The summed E-state index contributed by atoms with van der Waals surface area (Å²) in [6, 6.07) is 0. The summed E-state index contributed by atoms with van der Waals surface area (Å²) in [5.74, 6) is 0. The van der Waals surface area contributed by atoms with Crippen LogP contribution in [0.5, 0.6) is 0 Å². The van der Waals surface area contributed by atoms with E-state index in [0.717, 1.165) is 5.09 Å². The van der Waals surface area contributed by atoms with Crippen molar-refractivity contribution in [2.45, 2.75) is 71.3 Å². The van der Waals surface area contributed by atoms with Gasteiger partial charge in [-0.15, -0.1) is 0 Å². The monoisotopic (exact) mass is 260 g/mol. The van der Waals surface area contributed by atoms with Gasteiger partial charge in [-0.1, -0.05) is 53.3 Å². The molecule has 0 aliphatic carbocycles. The van der Waals surface area contributed by atoms with Crippen LogP contribution in [0, 0.1) is 0 Å². The van der Waals surface area contributed by atoms with E-state index in [1.165, 1.54) is 0 Å². The van der Waals surface area contributed by atoms with Gasteiger partial charge in [0.15, 0.2) is 0 Å². The van der Waals surface area contributed by atoms with Gasteiger partial charge in [-0.2, -0.15) is 0 Å². The lowest BCUT2D eigenvalue weighted by Crippen LogP contribution is -2.40. The normalized spacial score (nSPS) is 15.2. The maximum atomic E-state index is 6.29. The molecule has 0 N–H and O–H groups in total. The molecule has 0 fully saturated rings. The molecule has 0 amide bonds. The molecule has 0 aliphatic heterocycles. The first-order valence-electron chi connectivity index (χ1n) is 5.93. The van der Waals surface area contributed by atoms with Crippen LogP contribution in [0.3, 0.4) is 0 Å². The van der Waals surface area contributed by atoms with E-state index in [2.05, 4.69) is 67.6 Å². The SMILES string of the molecule is CC=C(O[Si](C)(C)C(C)(C)C)SC(C)(C)C. The largest absolute Gasteiger partial charge is 0.539 e. The first-order valence-corrected chi connectivity index (χ1v) is 9.66. The van der Waals surface area contributed by atoms with Gasteiger partial charge in [-0.25, -0.2) is 0 Å². The van der Waals surface area contributed by atoms with Crippen molar-refractivity contribution in [1.29, 1.82) is 0 Å². The summed E-state index contributed by atoms with van der Waals surface area (Å²) in [6.45, 7) is 20.1. The topological polar surface area (TPSA) is 9.23 Å². The van der Waals surface area contributed by atoms with Gasteiger partial charge >= 0.3 is 0 Å². The van der Waals surface area contributed by atoms with Gasteiger partial charge in [0, 0.05) is 4.75 Å². The fourth-order valence-corrected chi connectivity index (χ4v) is 3.29. The second kappa shape index (κ2) is 5.17. The van der Waals surface area contributed by atoms with Crippen LogP contribution in [0.25, 0.3) is 0 Å². The van der Waals surface area contributed by atoms with Crippen LogP contribution in [-0.4, -0.2) is 13.1 Å². The van der Waals surface area contributed by atoms with Crippen LogP contribution in [0.15, 0.2) is 11.2 Å². The number of allylic oxidation sites excluding steroid dienone is 1. The highest BCUT2D eigenvalue weighted by atomic mass is 32.2. The predicted octanol–water partition coefficient (Wildman–Crippen LogP) is 5.40. The zero-order valence-electron chi connectivity index (χ0n) is 12.4. The van der Waals surface area contributed by atoms with Crippen LogP contribution in [0.1, 0.15) is 48.5 Å². The van der Waals surface area contributed by atoms with Crippen LogP contribution >= 0.6 is 11.8 Å². The highest BCUT2D eigenvalue weighted by molar-refractivity contribution is 8.04. The second-order valence-corrected chi connectivity index (χ2v) is 13.2. The van der Waals surface area contributed by atoms with Crippen LogP contribution < -0.4 is 0 Å². The lowest BCUT2D eigenvalue weighted by atomic mass is 10.2. The predicted molar refractivity (Wildman–Crippen MR) is 79.4 cm³/mol. The van der Waals surface area contributed by atoms with Gasteiger partial charge in [0.2, 0.25) is 0 Å². The second-order valence-electron chi connectivity index (χ2n) is 6.68. The van der Waals surface area contributed by atoms with Crippen LogP contribution in [0.4, 0.5) is 0 Å². The van der Waals surface area contributed by atoms with E-state index in [4.69, 9.17) is 4.43 Å². The zero-order chi connectivity index (χ0) is 13.2. The molecule has 0 spiro atoms. The Morgan fingerprint density at radius 2 is 1.50 bits per heavy atom. The fourth-order valence-electron chi connectivity index (χ4n) is 0.845. The summed E-state index contributed by atoms with van der Waals surface area (Å²) in [5.41, 5.74) is 0. The minimum Gasteiger partial charge on any atom is -0.539 e. The molecule has 0 heterocycles. The smallest absolute Gasteiger partial charge is 0.251 e. The standard InChI is InChI=1S/C13H28OSSi/c1-10-11(15-12(2,3)4)14-16(8,9)13(5,6)7/h10H,1-9H3. The number of hydrogen-bond acceptors (Lipinski definition) is 2. The molecule has 0 bridgehead atoms. The van der Waals surface area contributed by atoms with Crippen molar-refractivity contribution >= 4 is 20.1 Å². The lowest BCUT2D eigenvalue weighted by molar-refractivity contribution is 0.415. The third kappa shape index (κ3) is 5.44. The molecule has 0 aromatic rings. The molecule has 16 heavy (non-hydrogen) atoms. The van der Waals surface area contributed by atoms with Gasteiger partial charge < -0.3 is 4.43 Å². The Morgan fingerprint density at radius 1 is 1.06 bits per heavy atom. The maximum absolute atomic E-state index is 6.29. The van der Waals surface area contributed by atoms with Crippen molar-refractivity contribution in [3.05, 3.63) is 11.2 Å². The lowest BCUT2D eigenvalue weighted by Gasteiger charge is -2.38. The highest BCUT2D eigenvalue weighted by Gasteiger charge is 2.39. The molecule has 0 unspecified atom stereocenters. The maximum Gasteiger partial charge on any atom is 0.251 e. The Morgan fingerprint density at radius 3 is 1.75 bits per heavy atom. The molecule has 0 aromatic heterocycles. The van der Waals surface area contributed by atoms with Crippen molar-refractivity contribution in [1.82, 2.24) is 0 Å². The molecule has 0 aliphatic rings. The molecule has 0 atom stereocenters. The van der Waals surface area contributed by atoms with Gasteiger partial charge in [-0.05, 0) is 31.1 Å². The summed E-state index contributed by atoms with van der Waals surface area (Å²) in [4.78, 5) is 0. The van der Waals surface area contributed by atoms with Gasteiger partial charge in [-0.3, -0.25) is 0 Å². The Balaban J connectivity index is 4.70. The Bertz CT molecular complexity index is 256. The molecule has 3 heteroatoms. The fraction of sp³-hybridized carbons (Fsp3) is 0.846. The Labute approximate surface area is 107 Å². The quantitative estimate of drug-likeness (QED) is 0.496. The molecular weight excluding hydrogens is 232 g/mol. The number of thioether (sulfide) groups is 1. The van der Waals surface area contributed by atoms with E-state index in [0.29, 0.717) is 0 Å². The summed E-state index contributed by atoms with van der Waals surface area (Å²) in [5, 5.41) is 1.35. The van der Waals surface area contributed by atoms with E-state index in [9.17, 15) is 0 Å². The van der Waals surface area contributed by atoms with E-state index < -0.39 is 8.32 Å². The van der Waals surface area contributed by atoms with Crippen molar-refractivity contribution in [3.8, 4) is 0 Å². The molecule has 0 saturated heterocycles.